The van der Waals surface area contributed by atoms with Gasteiger partial charge in [-0.2, -0.15) is 5.26 Å². The number of hydrogen-bond acceptors (Lipinski definition) is 2. The van der Waals surface area contributed by atoms with Gasteiger partial charge in [0.1, 0.15) is 11.5 Å². The summed E-state index contributed by atoms with van der Waals surface area (Å²) >= 11 is 0. The van der Waals surface area contributed by atoms with E-state index in [9.17, 15) is 9.18 Å². The van der Waals surface area contributed by atoms with Crippen molar-refractivity contribution in [1.29, 1.82) is 5.26 Å². The van der Waals surface area contributed by atoms with Crippen molar-refractivity contribution in [2.75, 3.05) is 0 Å². The van der Waals surface area contributed by atoms with E-state index in [1.165, 1.54) is 12.1 Å². The van der Waals surface area contributed by atoms with Gasteiger partial charge >= 0.3 is 0 Å². The lowest BCUT2D eigenvalue weighted by atomic mass is 10.1. The summed E-state index contributed by atoms with van der Waals surface area (Å²) in [7, 11) is 0. The Kier molecular flexibility index (Phi) is 3.58. The van der Waals surface area contributed by atoms with Gasteiger partial charge in [0.25, 0.3) is 5.91 Å². The molecule has 4 nitrogen and oxygen atoms in total. The van der Waals surface area contributed by atoms with Crippen LogP contribution in [0.5, 0.6) is 0 Å². The van der Waals surface area contributed by atoms with Crippen LogP contribution in [0.15, 0.2) is 48.5 Å². The molecule has 0 saturated carbocycles. The summed E-state index contributed by atoms with van der Waals surface area (Å²) < 4.78 is 13.6. The average Bonchev–Trinajstić information content (AvgIpc) is 2.98. The number of H-pyrrole nitrogens is 1. The molecule has 2 aromatic carbocycles. The van der Waals surface area contributed by atoms with Crippen molar-refractivity contribution in [3.8, 4) is 6.07 Å². The quantitative estimate of drug-likeness (QED) is 0.779. The predicted molar refractivity (Wildman–Crippen MR) is 80.6 cm³/mol. The first-order valence-corrected chi connectivity index (χ1v) is 6.72. The van der Waals surface area contributed by atoms with Crippen LogP contribution in [0.2, 0.25) is 0 Å². The number of hydrogen-bond donors (Lipinski definition) is 2. The van der Waals surface area contributed by atoms with E-state index in [0.717, 1.165) is 5.56 Å². The molecule has 1 amide bonds. The molecule has 0 aliphatic heterocycles. The van der Waals surface area contributed by atoms with E-state index in [0.29, 0.717) is 28.7 Å². The Morgan fingerprint density at radius 3 is 2.82 bits per heavy atom. The fourth-order valence-electron chi connectivity index (χ4n) is 2.27. The number of nitriles is 1. The summed E-state index contributed by atoms with van der Waals surface area (Å²) in [5.74, 6) is -0.688. The number of aromatic nitrogens is 1. The normalized spacial score (nSPS) is 10.4. The fourth-order valence-corrected chi connectivity index (χ4v) is 2.27. The molecule has 22 heavy (non-hydrogen) atoms. The molecule has 3 aromatic rings. The summed E-state index contributed by atoms with van der Waals surface area (Å²) in [4.78, 5) is 15.0. The van der Waals surface area contributed by atoms with Gasteiger partial charge in [0, 0.05) is 17.4 Å². The summed E-state index contributed by atoms with van der Waals surface area (Å²) in [6.45, 7) is 0.298. The Labute approximate surface area is 126 Å². The zero-order valence-corrected chi connectivity index (χ0v) is 11.6. The van der Waals surface area contributed by atoms with Crippen molar-refractivity contribution in [3.05, 3.63) is 71.2 Å². The van der Waals surface area contributed by atoms with E-state index in [4.69, 9.17) is 5.26 Å². The van der Waals surface area contributed by atoms with Crippen molar-refractivity contribution in [2.45, 2.75) is 6.54 Å². The van der Waals surface area contributed by atoms with Gasteiger partial charge < -0.3 is 10.3 Å². The lowest BCUT2D eigenvalue weighted by Gasteiger charge is -2.04. The molecule has 0 radical (unpaired) electrons. The van der Waals surface area contributed by atoms with Gasteiger partial charge in [0.2, 0.25) is 0 Å². The second kappa shape index (κ2) is 5.70. The third-order valence-corrected chi connectivity index (χ3v) is 3.36. The molecule has 0 aliphatic rings. The SMILES string of the molecule is N#Cc1cccc(CNC(=O)c2cc3c(F)cccc3[nH]2)c1. The topological polar surface area (TPSA) is 68.7 Å². The van der Waals surface area contributed by atoms with E-state index in [1.807, 2.05) is 6.07 Å². The molecule has 0 atom stereocenters. The summed E-state index contributed by atoms with van der Waals surface area (Å²) in [6, 6.07) is 15.2. The molecule has 0 unspecified atom stereocenters. The first-order chi connectivity index (χ1) is 10.7. The number of halogens is 1. The number of fused-ring (bicyclic) bond motifs is 1. The van der Waals surface area contributed by atoms with Gasteiger partial charge in [0.05, 0.1) is 11.6 Å². The molecule has 0 aliphatic carbocycles. The molecule has 1 aromatic heterocycles. The number of amides is 1. The highest BCUT2D eigenvalue weighted by atomic mass is 19.1. The molecule has 3 rings (SSSR count). The first-order valence-electron chi connectivity index (χ1n) is 6.72. The van der Waals surface area contributed by atoms with Crippen LogP contribution in [0.3, 0.4) is 0 Å². The van der Waals surface area contributed by atoms with Crippen LogP contribution in [-0.4, -0.2) is 10.9 Å². The molecule has 2 N–H and O–H groups in total. The van der Waals surface area contributed by atoms with Crippen molar-refractivity contribution < 1.29 is 9.18 Å². The second-order valence-corrected chi connectivity index (χ2v) is 4.88. The highest BCUT2D eigenvalue weighted by molar-refractivity contribution is 5.98. The minimum Gasteiger partial charge on any atom is -0.350 e. The predicted octanol–water partition coefficient (Wildman–Crippen LogP) is 3.11. The Balaban J connectivity index is 1.76. The lowest BCUT2D eigenvalue weighted by molar-refractivity contribution is 0.0947. The Bertz CT molecular complexity index is 892. The largest absolute Gasteiger partial charge is 0.350 e. The fraction of sp³-hybridized carbons (Fsp3) is 0.0588. The van der Waals surface area contributed by atoms with Crippen LogP contribution in [0.4, 0.5) is 4.39 Å². The molecule has 1 heterocycles. The zero-order valence-electron chi connectivity index (χ0n) is 11.6. The van der Waals surface area contributed by atoms with Crippen LogP contribution in [-0.2, 0) is 6.54 Å². The minimum atomic E-state index is -0.366. The van der Waals surface area contributed by atoms with E-state index in [2.05, 4.69) is 16.4 Å². The standard InChI is InChI=1S/C17H12FN3O/c18-14-5-2-6-15-13(14)8-16(21-15)17(22)20-10-12-4-1-3-11(7-12)9-19/h1-8,21H,10H2,(H,20,22). The molecule has 0 fully saturated rings. The first kappa shape index (κ1) is 13.8. The van der Waals surface area contributed by atoms with Crippen LogP contribution in [0.25, 0.3) is 10.9 Å². The number of carbonyl (C=O) groups excluding carboxylic acids is 1. The molecule has 0 saturated heterocycles. The summed E-state index contributed by atoms with van der Waals surface area (Å²) in [5.41, 5.74) is 2.25. The highest BCUT2D eigenvalue weighted by Gasteiger charge is 2.11. The van der Waals surface area contributed by atoms with Crippen molar-refractivity contribution >= 4 is 16.8 Å². The Hall–Kier alpha value is -3.13. The average molecular weight is 293 g/mol. The van der Waals surface area contributed by atoms with E-state index in [-0.39, 0.29) is 11.7 Å². The van der Waals surface area contributed by atoms with E-state index in [1.54, 1.807) is 30.3 Å². The van der Waals surface area contributed by atoms with Gasteiger partial charge in [-0.1, -0.05) is 18.2 Å². The minimum absolute atomic E-state index is 0.298. The van der Waals surface area contributed by atoms with Crippen LogP contribution in [0.1, 0.15) is 21.6 Å². The van der Waals surface area contributed by atoms with Crippen molar-refractivity contribution in [2.24, 2.45) is 0 Å². The number of benzene rings is 2. The third-order valence-electron chi connectivity index (χ3n) is 3.36. The molecule has 0 spiro atoms. The molecule has 5 heteroatoms. The lowest BCUT2D eigenvalue weighted by Crippen LogP contribution is -2.23. The summed E-state index contributed by atoms with van der Waals surface area (Å²) in [6.07, 6.45) is 0. The van der Waals surface area contributed by atoms with E-state index < -0.39 is 0 Å². The maximum Gasteiger partial charge on any atom is 0.267 e. The van der Waals surface area contributed by atoms with Gasteiger partial charge in [0.15, 0.2) is 0 Å². The van der Waals surface area contributed by atoms with Gasteiger partial charge in [-0.05, 0) is 35.9 Å². The maximum absolute atomic E-state index is 13.6. The number of carbonyl (C=O) groups is 1. The highest BCUT2D eigenvalue weighted by Crippen LogP contribution is 2.18. The van der Waals surface area contributed by atoms with Gasteiger partial charge in [-0.3, -0.25) is 4.79 Å². The van der Waals surface area contributed by atoms with Gasteiger partial charge in [-0.25, -0.2) is 4.39 Å². The van der Waals surface area contributed by atoms with Crippen LogP contribution < -0.4 is 5.32 Å². The third kappa shape index (κ3) is 2.67. The summed E-state index contributed by atoms with van der Waals surface area (Å²) in [5, 5.41) is 12.0. The number of nitrogens with zero attached hydrogens (tertiary/aromatic N) is 1. The number of rotatable bonds is 3. The van der Waals surface area contributed by atoms with Crippen LogP contribution in [0, 0.1) is 17.1 Å². The van der Waals surface area contributed by atoms with Gasteiger partial charge in [-0.15, -0.1) is 0 Å². The molecular formula is C17H12FN3O. The number of aromatic amines is 1. The smallest absolute Gasteiger partial charge is 0.267 e. The zero-order chi connectivity index (χ0) is 15.5. The van der Waals surface area contributed by atoms with Crippen molar-refractivity contribution in [1.82, 2.24) is 10.3 Å². The van der Waals surface area contributed by atoms with Crippen molar-refractivity contribution in [3.63, 3.8) is 0 Å². The maximum atomic E-state index is 13.6. The van der Waals surface area contributed by atoms with E-state index >= 15 is 0 Å². The Morgan fingerprint density at radius 2 is 2.05 bits per heavy atom. The monoisotopic (exact) mass is 293 g/mol. The number of nitrogens with one attached hydrogen (secondary N) is 2. The molecular weight excluding hydrogens is 281 g/mol. The molecule has 108 valence electrons. The van der Waals surface area contributed by atoms with Crippen LogP contribution >= 0.6 is 0 Å². The second-order valence-electron chi connectivity index (χ2n) is 4.88. The molecule has 0 bridgehead atoms. The Morgan fingerprint density at radius 1 is 1.23 bits per heavy atom.